The smallest absolute Gasteiger partial charge is 0.251 e. The minimum Gasteiger partial charge on any atom is -0.352 e. The molecule has 0 unspecified atom stereocenters. The number of amides is 1. The van der Waals surface area contributed by atoms with E-state index in [4.69, 9.17) is 0 Å². The Bertz CT molecular complexity index is 372. The first-order valence-electron chi connectivity index (χ1n) is 4.95. The van der Waals surface area contributed by atoms with Gasteiger partial charge in [-0.3, -0.25) is 9.78 Å². The van der Waals surface area contributed by atoms with Gasteiger partial charge in [-0.2, -0.15) is 0 Å². The number of carbonyl (C=O) groups is 1. The Morgan fingerprint density at radius 2 is 2.29 bits per heavy atom. The van der Waals surface area contributed by atoms with Crippen LogP contribution in [-0.4, -0.2) is 17.4 Å². The van der Waals surface area contributed by atoms with Gasteiger partial charge in [-0.1, -0.05) is 13.8 Å². The second-order valence-electron chi connectivity index (χ2n) is 3.93. The van der Waals surface area contributed by atoms with Gasteiger partial charge in [0, 0.05) is 24.0 Å². The average Bonchev–Trinajstić information content (AvgIpc) is 2.18. The molecule has 3 nitrogen and oxygen atoms in total. The zero-order chi connectivity index (χ0) is 10.1. The van der Waals surface area contributed by atoms with Crippen LogP contribution < -0.4 is 5.32 Å². The Morgan fingerprint density at radius 1 is 1.50 bits per heavy atom. The Labute approximate surface area is 83.5 Å². The lowest BCUT2D eigenvalue weighted by Gasteiger charge is -2.17. The van der Waals surface area contributed by atoms with Crippen molar-refractivity contribution in [1.82, 2.24) is 10.3 Å². The predicted molar refractivity (Wildman–Crippen MR) is 54.4 cm³/mol. The lowest BCUT2D eigenvalue weighted by Crippen LogP contribution is -2.32. The van der Waals surface area contributed by atoms with Gasteiger partial charge in [0.05, 0.1) is 0 Å². The van der Waals surface area contributed by atoms with E-state index in [-0.39, 0.29) is 5.91 Å². The molecular weight excluding hydrogens is 176 g/mol. The number of carbonyl (C=O) groups excluding carboxylic acids is 1. The van der Waals surface area contributed by atoms with E-state index in [1.807, 2.05) is 12.3 Å². The third-order valence-electron chi connectivity index (χ3n) is 2.52. The van der Waals surface area contributed by atoms with E-state index >= 15 is 0 Å². The van der Waals surface area contributed by atoms with Gasteiger partial charge in [0.1, 0.15) is 0 Å². The summed E-state index contributed by atoms with van der Waals surface area (Å²) in [5.41, 5.74) is 2.86. The largest absolute Gasteiger partial charge is 0.352 e. The highest BCUT2D eigenvalue weighted by molar-refractivity contribution is 5.96. The Hall–Kier alpha value is -1.38. The van der Waals surface area contributed by atoms with Gasteiger partial charge in [0.2, 0.25) is 0 Å². The van der Waals surface area contributed by atoms with Crippen molar-refractivity contribution in [3.05, 3.63) is 29.1 Å². The zero-order valence-corrected chi connectivity index (χ0v) is 8.50. The molecule has 0 bridgehead atoms. The molecule has 0 aromatic carbocycles. The molecule has 0 saturated carbocycles. The van der Waals surface area contributed by atoms with Crippen LogP contribution in [0.5, 0.6) is 0 Å². The Balaban J connectivity index is 2.46. The molecule has 74 valence electrons. The van der Waals surface area contributed by atoms with E-state index < -0.39 is 0 Å². The molecule has 1 aromatic rings. The van der Waals surface area contributed by atoms with Crippen molar-refractivity contribution >= 4 is 5.91 Å². The van der Waals surface area contributed by atoms with Crippen molar-refractivity contribution in [2.45, 2.75) is 26.2 Å². The molecule has 1 amide bonds. The Morgan fingerprint density at radius 3 is 3.00 bits per heavy atom. The van der Waals surface area contributed by atoms with E-state index in [0.717, 1.165) is 29.8 Å². The van der Waals surface area contributed by atoms with Crippen LogP contribution in [0.15, 0.2) is 12.3 Å². The van der Waals surface area contributed by atoms with Gasteiger partial charge >= 0.3 is 0 Å². The van der Waals surface area contributed by atoms with E-state index in [1.54, 1.807) is 0 Å². The quantitative estimate of drug-likeness (QED) is 0.729. The zero-order valence-electron chi connectivity index (χ0n) is 8.50. The molecule has 3 heteroatoms. The topological polar surface area (TPSA) is 42.0 Å². The lowest BCUT2D eigenvalue weighted by atomic mass is 9.99. The van der Waals surface area contributed by atoms with Gasteiger partial charge in [-0.25, -0.2) is 0 Å². The number of pyridine rings is 1. The second-order valence-corrected chi connectivity index (χ2v) is 3.93. The van der Waals surface area contributed by atoms with Crippen LogP contribution in [-0.2, 0) is 6.42 Å². The first-order valence-corrected chi connectivity index (χ1v) is 4.95. The van der Waals surface area contributed by atoms with E-state index in [9.17, 15) is 4.79 Å². The first kappa shape index (κ1) is 9.19. The van der Waals surface area contributed by atoms with E-state index in [1.165, 1.54) is 0 Å². The summed E-state index contributed by atoms with van der Waals surface area (Å²) in [6.07, 6.45) is 2.73. The summed E-state index contributed by atoms with van der Waals surface area (Å²) in [6, 6.07) is 1.91. The number of fused-ring (bicyclic) bond motifs is 1. The molecule has 1 aromatic heterocycles. The van der Waals surface area contributed by atoms with Crippen LogP contribution >= 0.6 is 0 Å². The van der Waals surface area contributed by atoms with E-state index in [0.29, 0.717) is 5.92 Å². The first-order chi connectivity index (χ1) is 6.68. The maximum absolute atomic E-state index is 11.5. The molecule has 14 heavy (non-hydrogen) atoms. The number of rotatable bonds is 1. The van der Waals surface area contributed by atoms with Crippen molar-refractivity contribution in [1.29, 1.82) is 0 Å². The summed E-state index contributed by atoms with van der Waals surface area (Å²) in [7, 11) is 0. The van der Waals surface area contributed by atoms with Crippen LogP contribution in [0, 0.1) is 0 Å². The molecule has 2 heterocycles. The maximum atomic E-state index is 11.5. The number of hydrogen-bond donors (Lipinski definition) is 1. The molecule has 1 aliphatic heterocycles. The fraction of sp³-hybridized carbons (Fsp3) is 0.455. The van der Waals surface area contributed by atoms with Crippen molar-refractivity contribution in [3.8, 4) is 0 Å². The highest BCUT2D eigenvalue weighted by Crippen LogP contribution is 2.18. The summed E-state index contributed by atoms with van der Waals surface area (Å²) < 4.78 is 0. The number of nitrogens with zero attached hydrogens (tertiary/aromatic N) is 1. The third kappa shape index (κ3) is 1.50. The number of nitrogens with one attached hydrogen (secondary N) is 1. The summed E-state index contributed by atoms with van der Waals surface area (Å²) in [5, 5.41) is 2.84. The molecular formula is C11H14N2O. The van der Waals surface area contributed by atoms with Crippen molar-refractivity contribution in [3.63, 3.8) is 0 Å². The van der Waals surface area contributed by atoms with Gasteiger partial charge < -0.3 is 5.32 Å². The fourth-order valence-electron chi connectivity index (χ4n) is 1.63. The van der Waals surface area contributed by atoms with Gasteiger partial charge in [-0.15, -0.1) is 0 Å². The average molecular weight is 190 g/mol. The standard InChI is InChI=1S/C11H14N2O/c1-7(2)10-5-9-8(6-13-10)3-4-12-11(9)14/h5-7H,3-4H2,1-2H3,(H,12,14). The van der Waals surface area contributed by atoms with Crippen molar-refractivity contribution < 1.29 is 4.79 Å². The minimum absolute atomic E-state index is 0.0375. The minimum atomic E-state index is 0.0375. The molecule has 0 atom stereocenters. The van der Waals surface area contributed by atoms with Gasteiger partial charge in [-0.05, 0) is 24.0 Å². The SMILES string of the molecule is CC(C)c1cc2c(cn1)CCNC2=O. The van der Waals surface area contributed by atoms with Crippen LogP contribution in [0.4, 0.5) is 0 Å². The molecule has 0 spiro atoms. The number of aromatic nitrogens is 1. The molecule has 0 fully saturated rings. The molecule has 1 aliphatic rings. The number of hydrogen-bond acceptors (Lipinski definition) is 2. The van der Waals surface area contributed by atoms with Crippen molar-refractivity contribution in [2.75, 3.05) is 6.54 Å². The maximum Gasteiger partial charge on any atom is 0.251 e. The summed E-state index contributed by atoms with van der Waals surface area (Å²) in [5.74, 6) is 0.408. The summed E-state index contributed by atoms with van der Waals surface area (Å²) in [4.78, 5) is 15.9. The molecule has 0 saturated heterocycles. The monoisotopic (exact) mass is 190 g/mol. The van der Waals surface area contributed by atoms with E-state index in [2.05, 4.69) is 24.1 Å². The summed E-state index contributed by atoms with van der Waals surface area (Å²) in [6.45, 7) is 4.89. The molecule has 0 radical (unpaired) electrons. The fourth-order valence-corrected chi connectivity index (χ4v) is 1.63. The summed E-state index contributed by atoms with van der Waals surface area (Å²) >= 11 is 0. The predicted octanol–water partition coefficient (Wildman–Crippen LogP) is 1.49. The molecule has 1 N–H and O–H groups in total. The van der Waals surface area contributed by atoms with Gasteiger partial charge in [0.25, 0.3) is 5.91 Å². The van der Waals surface area contributed by atoms with Crippen LogP contribution in [0.25, 0.3) is 0 Å². The van der Waals surface area contributed by atoms with Crippen LogP contribution in [0.1, 0.15) is 41.4 Å². The van der Waals surface area contributed by atoms with Crippen molar-refractivity contribution in [2.24, 2.45) is 0 Å². The highest BCUT2D eigenvalue weighted by atomic mass is 16.1. The van der Waals surface area contributed by atoms with Crippen LogP contribution in [0.2, 0.25) is 0 Å². The van der Waals surface area contributed by atoms with Gasteiger partial charge in [0.15, 0.2) is 0 Å². The second kappa shape index (κ2) is 3.40. The van der Waals surface area contributed by atoms with Crippen LogP contribution in [0.3, 0.4) is 0 Å². The Kier molecular flexibility index (Phi) is 2.23. The molecule has 0 aliphatic carbocycles. The third-order valence-corrected chi connectivity index (χ3v) is 2.52. The molecule has 2 rings (SSSR count). The normalized spacial score (nSPS) is 15.2. The lowest BCUT2D eigenvalue weighted by molar-refractivity contribution is 0.0945. The highest BCUT2D eigenvalue weighted by Gasteiger charge is 2.17.